The zero-order valence-corrected chi connectivity index (χ0v) is 17.9. The Morgan fingerprint density at radius 1 is 1.13 bits per heavy atom. The average molecular weight is 450 g/mol. The third-order valence-electron chi connectivity index (χ3n) is 4.19. The highest BCUT2D eigenvalue weighted by atomic mass is 35.5. The Hall–Kier alpha value is -2.88. The number of benzene rings is 2. The normalized spacial score (nSPS) is 11.3. The quantitative estimate of drug-likeness (QED) is 0.546. The van der Waals surface area contributed by atoms with Gasteiger partial charge in [-0.05, 0) is 42.8 Å². The van der Waals surface area contributed by atoms with Crippen LogP contribution < -0.4 is 14.8 Å². The summed E-state index contributed by atoms with van der Waals surface area (Å²) in [4.78, 5) is 12.3. The molecule has 0 aliphatic carbocycles. The molecule has 1 amide bonds. The van der Waals surface area contributed by atoms with Gasteiger partial charge in [0.25, 0.3) is 5.91 Å². The van der Waals surface area contributed by atoms with E-state index in [9.17, 15) is 13.2 Å². The number of carbonyl (C=O) groups is 1. The van der Waals surface area contributed by atoms with Crippen molar-refractivity contribution in [2.24, 2.45) is 0 Å². The number of aromatic nitrogens is 1. The Bertz CT molecular complexity index is 1140. The van der Waals surface area contributed by atoms with Gasteiger partial charge in [0.1, 0.15) is 10.6 Å². The van der Waals surface area contributed by atoms with E-state index in [1.807, 2.05) is 0 Å². The molecule has 10 heteroatoms. The number of hydrogen-bond donors (Lipinski definition) is 2. The number of sulfonamides is 1. The van der Waals surface area contributed by atoms with Crippen molar-refractivity contribution in [1.29, 1.82) is 0 Å². The standard InChI is InChI=1S/C20H20ClN3O5S/c1-13-9-17(29-24-13)12-22-20(25)15-5-8-18(28-2)19(10-15)30(26,27)23-11-14-3-6-16(21)7-4-14/h3-10,23H,11-12H2,1-2H3,(H,22,25). The first-order chi connectivity index (χ1) is 14.3. The van der Waals surface area contributed by atoms with E-state index in [1.165, 1.54) is 25.3 Å². The number of nitrogens with one attached hydrogen (secondary N) is 2. The SMILES string of the molecule is COc1ccc(C(=O)NCc2cc(C)no2)cc1S(=O)(=O)NCc1ccc(Cl)cc1. The van der Waals surface area contributed by atoms with Crippen LogP contribution in [0.1, 0.15) is 27.4 Å². The molecule has 1 heterocycles. The van der Waals surface area contributed by atoms with Crippen LogP contribution in [0, 0.1) is 6.92 Å². The van der Waals surface area contributed by atoms with Crippen LogP contribution in [0.2, 0.25) is 5.02 Å². The van der Waals surface area contributed by atoms with Crippen LogP contribution in [0.25, 0.3) is 0 Å². The molecule has 158 valence electrons. The summed E-state index contributed by atoms with van der Waals surface area (Å²) >= 11 is 5.85. The molecule has 2 N–H and O–H groups in total. The number of hydrogen-bond acceptors (Lipinski definition) is 6. The van der Waals surface area contributed by atoms with Gasteiger partial charge in [0, 0.05) is 23.2 Å². The molecule has 0 radical (unpaired) electrons. The summed E-state index contributed by atoms with van der Waals surface area (Å²) in [5.74, 6) is 0.161. The predicted octanol–water partition coefficient (Wildman–Crippen LogP) is 3.05. The molecule has 3 aromatic rings. The molecule has 0 aliphatic heterocycles. The highest BCUT2D eigenvalue weighted by Crippen LogP contribution is 2.25. The number of ether oxygens (including phenoxy) is 1. The largest absolute Gasteiger partial charge is 0.495 e. The third kappa shape index (κ3) is 5.38. The molecule has 30 heavy (non-hydrogen) atoms. The first-order valence-electron chi connectivity index (χ1n) is 8.91. The van der Waals surface area contributed by atoms with Crippen LogP contribution in [0.15, 0.2) is 57.9 Å². The first-order valence-corrected chi connectivity index (χ1v) is 10.8. The molecule has 0 saturated carbocycles. The van der Waals surface area contributed by atoms with E-state index in [4.69, 9.17) is 20.9 Å². The summed E-state index contributed by atoms with van der Waals surface area (Å²) in [6.45, 7) is 1.96. The van der Waals surface area contributed by atoms with Crippen molar-refractivity contribution in [2.45, 2.75) is 24.9 Å². The third-order valence-corrected chi connectivity index (χ3v) is 5.87. The zero-order valence-electron chi connectivity index (χ0n) is 16.3. The summed E-state index contributed by atoms with van der Waals surface area (Å²) in [6, 6.07) is 12.7. The lowest BCUT2D eigenvalue weighted by Crippen LogP contribution is -2.26. The summed E-state index contributed by atoms with van der Waals surface area (Å²) in [7, 11) is -2.59. The van der Waals surface area contributed by atoms with Gasteiger partial charge in [0.2, 0.25) is 10.0 Å². The van der Waals surface area contributed by atoms with E-state index in [2.05, 4.69) is 15.2 Å². The number of halogens is 1. The van der Waals surface area contributed by atoms with Crippen molar-refractivity contribution in [3.63, 3.8) is 0 Å². The molecule has 0 unspecified atom stereocenters. The number of methoxy groups -OCH3 is 1. The Morgan fingerprint density at radius 3 is 2.50 bits per heavy atom. The minimum absolute atomic E-state index is 0.0594. The minimum atomic E-state index is -3.95. The molecule has 1 aromatic heterocycles. The van der Waals surface area contributed by atoms with Crippen LogP contribution in [0.4, 0.5) is 0 Å². The second kappa shape index (κ2) is 9.29. The van der Waals surface area contributed by atoms with Crippen molar-refractivity contribution < 1.29 is 22.5 Å². The molecule has 0 atom stereocenters. The van der Waals surface area contributed by atoms with E-state index in [0.717, 1.165) is 5.56 Å². The number of amides is 1. The van der Waals surface area contributed by atoms with Crippen molar-refractivity contribution >= 4 is 27.5 Å². The van der Waals surface area contributed by atoms with E-state index in [1.54, 1.807) is 37.3 Å². The fourth-order valence-electron chi connectivity index (χ4n) is 2.66. The second-order valence-electron chi connectivity index (χ2n) is 6.43. The molecular formula is C20H20ClN3O5S. The van der Waals surface area contributed by atoms with Gasteiger partial charge in [-0.3, -0.25) is 4.79 Å². The number of nitrogens with zero attached hydrogens (tertiary/aromatic N) is 1. The van der Waals surface area contributed by atoms with Gasteiger partial charge in [0.05, 0.1) is 19.3 Å². The Kier molecular flexibility index (Phi) is 6.76. The summed E-state index contributed by atoms with van der Waals surface area (Å²) in [5.41, 5.74) is 1.60. The van der Waals surface area contributed by atoms with Gasteiger partial charge < -0.3 is 14.6 Å². The van der Waals surface area contributed by atoms with Gasteiger partial charge >= 0.3 is 0 Å². The Balaban J connectivity index is 1.76. The van der Waals surface area contributed by atoms with Crippen LogP contribution in [-0.4, -0.2) is 26.6 Å². The highest BCUT2D eigenvalue weighted by Gasteiger charge is 2.21. The summed E-state index contributed by atoms with van der Waals surface area (Å²) in [5, 5.41) is 6.97. The van der Waals surface area contributed by atoms with E-state index < -0.39 is 15.9 Å². The van der Waals surface area contributed by atoms with Crippen molar-refractivity contribution in [3.05, 3.63) is 76.1 Å². The van der Waals surface area contributed by atoms with E-state index >= 15 is 0 Å². The predicted molar refractivity (Wildman–Crippen MR) is 111 cm³/mol. The highest BCUT2D eigenvalue weighted by molar-refractivity contribution is 7.89. The molecular weight excluding hydrogens is 430 g/mol. The van der Waals surface area contributed by atoms with Gasteiger partial charge in [-0.2, -0.15) is 0 Å². The monoisotopic (exact) mass is 449 g/mol. The van der Waals surface area contributed by atoms with Crippen molar-refractivity contribution in [1.82, 2.24) is 15.2 Å². The number of carbonyl (C=O) groups excluding carboxylic acids is 1. The molecule has 0 fully saturated rings. The van der Waals surface area contributed by atoms with Gasteiger partial charge in [-0.15, -0.1) is 0 Å². The molecule has 0 saturated heterocycles. The van der Waals surface area contributed by atoms with Crippen molar-refractivity contribution in [3.8, 4) is 5.75 Å². The Labute approximate surface area is 179 Å². The average Bonchev–Trinajstić information content (AvgIpc) is 3.16. The fraction of sp³-hybridized carbons (Fsp3) is 0.200. The van der Waals surface area contributed by atoms with Crippen LogP contribution in [-0.2, 0) is 23.1 Å². The van der Waals surface area contributed by atoms with Gasteiger partial charge in [-0.25, -0.2) is 13.1 Å². The number of rotatable bonds is 8. The number of aryl methyl sites for hydroxylation is 1. The molecule has 2 aromatic carbocycles. The fourth-order valence-corrected chi connectivity index (χ4v) is 3.99. The maximum atomic E-state index is 12.8. The van der Waals surface area contributed by atoms with E-state index in [0.29, 0.717) is 16.5 Å². The first kappa shape index (κ1) is 21.8. The Morgan fingerprint density at radius 2 is 1.87 bits per heavy atom. The maximum Gasteiger partial charge on any atom is 0.251 e. The lowest BCUT2D eigenvalue weighted by Gasteiger charge is -2.12. The van der Waals surface area contributed by atoms with Crippen LogP contribution >= 0.6 is 11.6 Å². The maximum absolute atomic E-state index is 12.8. The van der Waals surface area contributed by atoms with E-state index in [-0.39, 0.29) is 29.3 Å². The lowest BCUT2D eigenvalue weighted by molar-refractivity contribution is 0.0947. The van der Waals surface area contributed by atoms with Crippen LogP contribution in [0.5, 0.6) is 5.75 Å². The van der Waals surface area contributed by atoms with Crippen molar-refractivity contribution in [2.75, 3.05) is 7.11 Å². The summed E-state index contributed by atoms with van der Waals surface area (Å²) < 4.78 is 38.4. The topological polar surface area (TPSA) is 111 Å². The lowest BCUT2D eigenvalue weighted by atomic mass is 10.2. The zero-order chi connectivity index (χ0) is 21.7. The molecule has 0 spiro atoms. The van der Waals surface area contributed by atoms with Gasteiger partial charge in [0.15, 0.2) is 5.76 Å². The van der Waals surface area contributed by atoms with Gasteiger partial charge in [-0.1, -0.05) is 28.9 Å². The summed E-state index contributed by atoms with van der Waals surface area (Å²) in [6.07, 6.45) is 0. The molecule has 0 aliphatic rings. The smallest absolute Gasteiger partial charge is 0.251 e. The second-order valence-corrected chi connectivity index (χ2v) is 8.61. The molecule has 3 rings (SSSR count). The minimum Gasteiger partial charge on any atom is -0.495 e. The molecule has 8 nitrogen and oxygen atoms in total. The molecule has 0 bridgehead atoms. The van der Waals surface area contributed by atoms with Crippen LogP contribution in [0.3, 0.4) is 0 Å².